The van der Waals surface area contributed by atoms with Crippen molar-refractivity contribution in [2.45, 2.75) is 20.8 Å². The lowest BCUT2D eigenvalue weighted by Gasteiger charge is -2.11. The highest BCUT2D eigenvalue weighted by atomic mass is 16.1. The molecule has 4 nitrogen and oxygen atoms in total. The summed E-state index contributed by atoms with van der Waals surface area (Å²) in [7, 11) is 0. The Morgan fingerprint density at radius 1 is 1.25 bits per heavy atom. The number of H-pyrrole nitrogens is 1. The zero-order valence-corrected chi connectivity index (χ0v) is 11.6. The molecular weight excluding hydrogens is 252 g/mol. The molecule has 0 saturated carbocycles. The van der Waals surface area contributed by atoms with Gasteiger partial charge in [0.05, 0.1) is 5.69 Å². The number of carbonyl (C=O) groups is 1. The molecule has 0 saturated heterocycles. The highest BCUT2D eigenvalue weighted by Crippen LogP contribution is 2.25. The quantitative estimate of drug-likeness (QED) is 0.849. The maximum atomic E-state index is 11.8. The van der Waals surface area contributed by atoms with Gasteiger partial charge in [-0.2, -0.15) is 5.26 Å². The number of nitrogens with one attached hydrogen (secondary N) is 1. The lowest BCUT2D eigenvalue weighted by Crippen LogP contribution is -2.15. The van der Waals surface area contributed by atoms with Crippen molar-refractivity contribution < 1.29 is 4.79 Å². The number of nitriles is 1. The fourth-order valence-electron chi connectivity index (χ4n) is 2.11. The summed E-state index contributed by atoms with van der Waals surface area (Å²) in [5.74, 6) is -0.186. The molecule has 1 N–H and O–H groups in total. The SMILES string of the molecule is CC(=O)c1cc(C#N)c(=O)[nH]c1-c1cc(C)ccc1C. The number of benzene rings is 1. The lowest BCUT2D eigenvalue weighted by atomic mass is 9.97. The molecule has 2 aromatic rings. The Morgan fingerprint density at radius 2 is 1.95 bits per heavy atom. The summed E-state index contributed by atoms with van der Waals surface area (Å²) < 4.78 is 0. The van der Waals surface area contributed by atoms with E-state index in [9.17, 15) is 9.59 Å². The van der Waals surface area contributed by atoms with Crippen molar-refractivity contribution >= 4 is 5.78 Å². The molecule has 0 unspecified atom stereocenters. The minimum Gasteiger partial charge on any atom is -0.320 e. The van der Waals surface area contributed by atoms with Crippen LogP contribution in [0.25, 0.3) is 11.3 Å². The van der Waals surface area contributed by atoms with Gasteiger partial charge in [-0.25, -0.2) is 0 Å². The van der Waals surface area contributed by atoms with Gasteiger partial charge in [-0.3, -0.25) is 9.59 Å². The topological polar surface area (TPSA) is 73.7 Å². The molecule has 20 heavy (non-hydrogen) atoms. The van der Waals surface area contributed by atoms with E-state index in [1.807, 2.05) is 32.0 Å². The van der Waals surface area contributed by atoms with Crippen molar-refractivity contribution in [3.05, 3.63) is 56.9 Å². The van der Waals surface area contributed by atoms with Crippen molar-refractivity contribution in [1.82, 2.24) is 4.98 Å². The summed E-state index contributed by atoms with van der Waals surface area (Å²) in [6, 6.07) is 8.98. The normalized spacial score (nSPS) is 10.1. The lowest BCUT2D eigenvalue weighted by molar-refractivity contribution is 0.101. The van der Waals surface area contributed by atoms with Gasteiger partial charge in [0.15, 0.2) is 5.78 Å². The van der Waals surface area contributed by atoms with E-state index < -0.39 is 5.56 Å². The third kappa shape index (κ3) is 2.39. The van der Waals surface area contributed by atoms with Gasteiger partial charge in [0.25, 0.3) is 5.56 Å². The smallest absolute Gasteiger partial charge is 0.266 e. The summed E-state index contributed by atoms with van der Waals surface area (Å²) in [5, 5.41) is 8.90. The van der Waals surface area contributed by atoms with Gasteiger partial charge in [-0.15, -0.1) is 0 Å². The Hall–Kier alpha value is -2.67. The number of hydrogen-bond acceptors (Lipinski definition) is 3. The molecule has 0 bridgehead atoms. The number of rotatable bonds is 2. The van der Waals surface area contributed by atoms with Crippen LogP contribution in [0, 0.1) is 25.2 Å². The van der Waals surface area contributed by atoms with Crippen LogP contribution in [0.2, 0.25) is 0 Å². The second-order valence-corrected chi connectivity index (χ2v) is 4.79. The van der Waals surface area contributed by atoms with Crippen LogP contribution in [-0.4, -0.2) is 10.8 Å². The highest BCUT2D eigenvalue weighted by Gasteiger charge is 2.15. The van der Waals surface area contributed by atoms with Gasteiger partial charge in [0.1, 0.15) is 11.6 Å². The average molecular weight is 266 g/mol. The van der Waals surface area contributed by atoms with Gasteiger partial charge in [0.2, 0.25) is 0 Å². The largest absolute Gasteiger partial charge is 0.320 e. The molecule has 4 heteroatoms. The van der Waals surface area contributed by atoms with Crippen LogP contribution in [-0.2, 0) is 0 Å². The van der Waals surface area contributed by atoms with Gasteiger partial charge < -0.3 is 4.98 Å². The third-order valence-electron chi connectivity index (χ3n) is 3.20. The van der Waals surface area contributed by atoms with Crippen LogP contribution in [0.1, 0.15) is 34.0 Å². The molecule has 0 radical (unpaired) electrons. The number of pyridine rings is 1. The van der Waals surface area contributed by atoms with E-state index >= 15 is 0 Å². The van der Waals surface area contributed by atoms with E-state index in [1.165, 1.54) is 13.0 Å². The van der Waals surface area contributed by atoms with Crippen molar-refractivity contribution in [2.24, 2.45) is 0 Å². The Balaban J connectivity index is 2.83. The molecule has 0 aliphatic rings. The van der Waals surface area contributed by atoms with Crippen LogP contribution in [0.4, 0.5) is 0 Å². The molecular formula is C16H14N2O2. The molecule has 0 spiro atoms. The number of aromatic amines is 1. The molecule has 1 aromatic heterocycles. The van der Waals surface area contributed by atoms with E-state index in [0.717, 1.165) is 16.7 Å². The zero-order chi connectivity index (χ0) is 14.9. The van der Waals surface area contributed by atoms with Crippen LogP contribution in [0.15, 0.2) is 29.1 Å². The maximum absolute atomic E-state index is 11.8. The minimum atomic E-state index is -0.478. The summed E-state index contributed by atoms with van der Waals surface area (Å²) in [4.78, 5) is 26.3. The van der Waals surface area contributed by atoms with Crippen molar-refractivity contribution in [3.8, 4) is 17.3 Å². The predicted molar refractivity (Wildman–Crippen MR) is 76.7 cm³/mol. The first-order valence-electron chi connectivity index (χ1n) is 6.20. The van der Waals surface area contributed by atoms with Crippen LogP contribution >= 0.6 is 0 Å². The Bertz CT molecular complexity index is 795. The summed E-state index contributed by atoms with van der Waals surface area (Å²) in [6.07, 6.45) is 0. The van der Waals surface area contributed by atoms with Gasteiger partial charge in [-0.05, 0) is 38.5 Å². The first kappa shape index (κ1) is 13.8. The van der Waals surface area contributed by atoms with Crippen LogP contribution in [0.5, 0.6) is 0 Å². The van der Waals surface area contributed by atoms with E-state index in [4.69, 9.17) is 5.26 Å². The van der Waals surface area contributed by atoms with Crippen molar-refractivity contribution in [1.29, 1.82) is 5.26 Å². The van der Waals surface area contributed by atoms with Crippen LogP contribution in [0.3, 0.4) is 0 Å². The predicted octanol–water partition coefficient (Wildman–Crippen LogP) is 2.73. The standard InChI is InChI=1S/C16H14N2O2/c1-9-4-5-10(2)13(6-9)15-14(11(3)19)7-12(8-17)16(20)18-15/h4-7H,1-3H3,(H,18,20). The Kier molecular flexibility index (Phi) is 3.53. The molecule has 0 amide bonds. The molecule has 0 atom stereocenters. The third-order valence-corrected chi connectivity index (χ3v) is 3.20. The number of aromatic nitrogens is 1. The van der Waals surface area contributed by atoms with Crippen molar-refractivity contribution in [3.63, 3.8) is 0 Å². The fourth-order valence-corrected chi connectivity index (χ4v) is 2.11. The number of carbonyl (C=O) groups excluding carboxylic acids is 1. The van der Waals surface area contributed by atoms with Crippen LogP contribution < -0.4 is 5.56 Å². The molecule has 0 aliphatic carbocycles. The molecule has 2 rings (SSSR count). The molecule has 100 valence electrons. The fraction of sp³-hybridized carbons (Fsp3) is 0.188. The number of nitrogens with zero attached hydrogens (tertiary/aromatic N) is 1. The second-order valence-electron chi connectivity index (χ2n) is 4.79. The highest BCUT2D eigenvalue weighted by molar-refractivity contribution is 6.00. The molecule has 1 heterocycles. The van der Waals surface area contributed by atoms with Crippen molar-refractivity contribution in [2.75, 3.05) is 0 Å². The van der Waals surface area contributed by atoms with Gasteiger partial charge >= 0.3 is 0 Å². The van der Waals surface area contributed by atoms with E-state index in [1.54, 1.807) is 6.07 Å². The monoisotopic (exact) mass is 266 g/mol. The van der Waals surface area contributed by atoms with E-state index in [2.05, 4.69) is 4.98 Å². The second kappa shape index (κ2) is 5.14. The minimum absolute atomic E-state index is 0.0516. The first-order valence-corrected chi connectivity index (χ1v) is 6.20. The summed E-state index contributed by atoms with van der Waals surface area (Å²) in [5.41, 5.74) is 3.09. The molecule has 1 aromatic carbocycles. The number of ketones is 1. The maximum Gasteiger partial charge on any atom is 0.266 e. The number of aryl methyl sites for hydroxylation is 2. The van der Waals surface area contributed by atoms with E-state index in [-0.39, 0.29) is 11.3 Å². The Labute approximate surface area is 116 Å². The first-order chi connectivity index (χ1) is 9.43. The number of hydrogen-bond donors (Lipinski definition) is 1. The van der Waals surface area contributed by atoms with Gasteiger partial charge in [-0.1, -0.05) is 17.7 Å². The molecule has 0 aliphatic heterocycles. The number of Topliss-reactive ketones (excluding diaryl/α,β-unsaturated/α-hetero) is 1. The average Bonchev–Trinajstić information content (AvgIpc) is 2.41. The summed E-state index contributed by atoms with van der Waals surface area (Å²) >= 11 is 0. The van der Waals surface area contributed by atoms with Gasteiger partial charge in [0, 0.05) is 11.1 Å². The Morgan fingerprint density at radius 3 is 2.55 bits per heavy atom. The zero-order valence-electron chi connectivity index (χ0n) is 11.6. The summed E-state index contributed by atoms with van der Waals surface area (Å²) in [6.45, 7) is 5.27. The molecule has 0 fully saturated rings. The van der Waals surface area contributed by atoms with E-state index in [0.29, 0.717) is 11.3 Å².